The minimum Gasteiger partial charge on any atom is -0.481 e. The van der Waals surface area contributed by atoms with E-state index in [0.29, 0.717) is 31.2 Å². The zero-order valence-corrected chi connectivity index (χ0v) is 18.2. The Kier molecular flexibility index (Phi) is 7.10. The summed E-state index contributed by atoms with van der Waals surface area (Å²) in [6, 6.07) is 13.8. The van der Waals surface area contributed by atoms with Gasteiger partial charge in [0, 0.05) is 36.7 Å². The van der Waals surface area contributed by atoms with Crippen molar-refractivity contribution in [1.29, 1.82) is 0 Å². The average molecular weight is 432 g/mol. The summed E-state index contributed by atoms with van der Waals surface area (Å²) in [6.07, 6.45) is 7.30. The Balaban J connectivity index is 1.24. The Morgan fingerprint density at radius 3 is 2.81 bits per heavy atom. The molecule has 0 saturated carbocycles. The number of nitrogens with zero attached hydrogens (tertiary/aromatic N) is 2. The smallest absolute Gasteiger partial charge is 0.311 e. The second kappa shape index (κ2) is 10.4. The van der Waals surface area contributed by atoms with Crippen molar-refractivity contribution < 1.29 is 14.7 Å². The topological polar surface area (TPSA) is 92.2 Å². The lowest BCUT2D eigenvalue weighted by Gasteiger charge is -2.17. The average Bonchev–Trinajstić information content (AvgIpc) is 2.81. The van der Waals surface area contributed by atoms with Gasteiger partial charge in [0.15, 0.2) is 0 Å². The molecule has 166 valence electrons. The van der Waals surface area contributed by atoms with Gasteiger partial charge in [-0.2, -0.15) is 0 Å². The van der Waals surface area contributed by atoms with Gasteiger partial charge in [0.05, 0.1) is 11.4 Å². The normalized spacial score (nSPS) is 13.9. The van der Waals surface area contributed by atoms with E-state index in [-0.39, 0.29) is 5.78 Å². The first-order valence-electron chi connectivity index (χ1n) is 11.4. The lowest BCUT2D eigenvalue weighted by molar-refractivity contribution is -0.139. The molecule has 1 aliphatic rings. The number of para-hydroxylation sites is 1. The number of anilines is 1. The highest BCUT2D eigenvalue weighted by Gasteiger charge is 2.21. The molecular weight excluding hydrogens is 402 g/mol. The second-order valence-electron chi connectivity index (χ2n) is 8.48. The summed E-state index contributed by atoms with van der Waals surface area (Å²) in [5, 5.41) is 14.0. The number of pyridine rings is 2. The van der Waals surface area contributed by atoms with Crippen LogP contribution in [0.5, 0.6) is 0 Å². The zero-order chi connectivity index (χ0) is 22.3. The van der Waals surface area contributed by atoms with Crippen LogP contribution in [0.25, 0.3) is 10.9 Å². The van der Waals surface area contributed by atoms with E-state index in [1.54, 1.807) is 6.20 Å². The van der Waals surface area contributed by atoms with E-state index in [9.17, 15) is 14.7 Å². The molecule has 32 heavy (non-hydrogen) atoms. The van der Waals surface area contributed by atoms with Gasteiger partial charge in [0.25, 0.3) is 0 Å². The summed E-state index contributed by atoms with van der Waals surface area (Å²) in [6.45, 7) is 0.967. The van der Waals surface area contributed by atoms with E-state index >= 15 is 0 Å². The number of rotatable bonds is 10. The van der Waals surface area contributed by atoms with Gasteiger partial charge in [-0.25, -0.2) is 4.98 Å². The Hall–Kier alpha value is -3.28. The Labute approximate surface area is 188 Å². The molecule has 0 saturated heterocycles. The molecule has 1 atom stereocenters. The molecule has 0 spiro atoms. The standard InChI is InChI=1S/C26H29N3O3/c30-22(9-3-8-21-14-13-18-7-5-15-27-25(18)29-21)10-4-11-23(26(31)32)20-16-19-6-1-2-12-24(19)28-17-20/h1-2,6,12-14,16-17,23H,3-5,7-11,15H2,(H,27,29)(H,31,32). The Bertz CT molecular complexity index is 1110. The number of carboxylic acids is 1. The number of fused-ring (bicyclic) bond motifs is 2. The molecule has 6 nitrogen and oxygen atoms in total. The summed E-state index contributed by atoms with van der Waals surface area (Å²) < 4.78 is 0. The molecule has 0 bridgehead atoms. The van der Waals surface area contributed by atoms with Gasteiger partial charge in [-0.05, 0) is 67.9 Å². The van der Waals surface area contributed by atoms with Crippen LogP contribution in [0.15, 0.2) is 48.7 Å². The van der Waals surface area contributed by atoms with Crippen LogP contribution in [0, 0.1) is 0 Å². The fourth-order valence-corrected chi connectivity index (χ4v) is 4.31. The van der Waals surface area contributed by atoms with Crippen LogP contribution >= 0.6 is 0 Å². The van der Waals surface area contributed by atoms with Gasteiger partial charge in [-0.1, -0.05) is 24.3 Å². The molecule has 6 heteroatoms. The minimum absolute atomic E-state index is 0.182. The highest BCUT2D eigenvalue weighted by Crippen LogP contribution is 2.25. The van der Waals surface area contributed by atoms with Crippen molar-refractivity contribution in [3.8, 4) is 0 Å². The Morgan fingerprint density at radius 2 is 1.94 bits per heavy atom. The van der Waals surface area contributed by atoms with Crippen LogP contribution in [0.1, 0.15) is 61.3 Å². The van der Waals surface area contributed by atoms with Gasteiger partial charge < -0.3 is 10.4 Å². The maximum atomic E-state index is 12.3. The third kappa shape index (κ3) is 5.49. The predicted molar refractivity (Wildman–Crippen MR) is 125 cm³/mol. The number of carbonyl (C=O) groups excluding carboxylic acids is 1. The first-order valence-corrected chi connectivity index (χ1v) is 11.4. The molecule has 2 N–H and O–H groups in total. The van der Waals surface area contributed by atoms with E-state index in [4.69, 9.17) is 0 Å². The summed E-state index contributed by atoms with van der Waals surface area (Å²) in [4.78, 5) is 33.2. The van der Waals surface area contributed by atoms with Crippen molar-refractivity contribution in [2.45, 2.75) is 57.3 Å². The molecule has 4 rings (SSSR count). The number of carboxylic acid groups (broad SMARTS) is 1. The number of aliphatic carboxylic acids is 1. The maximum Gasteiger partial charge on any atom is 0.311 e. The minimum atomic E-state index is -0.873. The molecule has 2 aromatic heterocycles. The molecule has 0 radical (unpaired) electrons. The largest absolute Gasteiger partial charge is 0.481 e. The lowest BCUT2D eigenvalue weighted by atomic mass is 9.93. The number of carbonyl (C=O) groups is 2. The van der Waals surface area contributed by atoms with E-state index in [0.717, 1.165) is 54.6 Å². The van der Waals surface area contributed by atoms with Crippen LogP contribution in [0.2, 0.25) is 0 Å². The summed E-state index contributed by atoms with van der Waals surface area (Å²) in [5.41, 5.74) is 3.82. The zero-order valence-electron chi connectivity index (χ0n) is 18.2. The van der Waals surface area contributed by atoms with E-state index in [1.165, 1.54) is 5.56 Å². The van der Waals surface area contributed by atoms with Gasteiger partial charge in [-0.3, -0.25) is 14.6 Å². The molecular formula is C26H29N3O3. The van der Waals surface area contributed by atoms with Crippen molar-refractivity contribution in [2.75, 3.05) is 11.9 Å². The van der Waals surface area contributed by atoms with Crippen molar-refractivity contribution in [3.63, 3.8) is 0 Å². The van der Waals surface area contributed by atoms with Crippen LogP contribution in [-0.4, -0.2) is 33.4 Å². The maximum absolute atomic E-state index is 12.3. The quantitative estimate of drug-likeness (QED) is 0.473. The molecule has 1 unspecified atom stereocenters. The molecule has 3 heterocycles. The van der Waals surface area contributed by atoms with Gasteiger partial charge in [0.1, 0.15) is 11.6 Å². The third-order valence-electron chi connectivity index (χ3n) is 6.10. The highest BCUT2D eigenvalue weighted by molar-refractivity contribution is 5.82. The number of nitrogens with one attached hydrogen (secondary N) is 1. The first kappa shape index (κ1) is 21.9. The highest BCUT2D eigenvalue weighted by atomic mass is 16.4. The van der Waals surface area contributed by atoms with E-state index in [1.807, 2.05) is 30.3 Å². The molecule has 1 aliphatic heterocycles. The SMILES string of the molecule is O=C(CCCc1ccc2c(n1)NCCC2)CCCC(C(=O)O)c1cnc2ccccc2c1. The van der Waals surface area contributed by atoms with Crippen LogP contribution < -0.4 is 5.32 Å². The fourth-order valence-electron chi connectivity index (χ4n) is 4.31. The Morgan fingerprint density at radius 1 is 1.09 bits per heavy atom. The van der Waals surface area contributed by atoms with Gasteiger partial charge >= 0.3 is 5.97 Å². The summed E-state index contributed by atoms with van der Waals surface area (Å²) >= 11 is 0. The van der Waals surface area contributed by atoms with Crippen molar-refractivity contribution >= 4 is 28.5 Å². The summed E-state index contributed by atoms with van der Waals surface area (Å²) in [5.74, 6) is -0.349. The number of aromatic nitrogens is 2. The summed E-state index contributed by atoms with van der Waals surface area (Å²) in [7, 11) is 0. The first-order chi connectivity index (χ1) is 15.6. The molecule has 0 fully saturated rings. The molecule has 0 amide bonds. The van der Waals surface area contributed by atoms with E-state index < -0.39 is 11.9 Å². The lowest BCUT2D eigenvalue weighted by Crippen LogP contribution is -2.14. The van der Waals surface area contributed by atoms with Crippen LogP contribution in [0.3, 0.4) is 0 Å². The third-order valence-corrected chi connectivity index (χ3v) is 6.10. The number of benzene rings is 1. The van der Waals surface area contributed by atoms with Crippen molar-refractivity contribution in [3.05, 3.63) is 65.5 Å². The number of ketones is 1. The second-order valence-corrected chi connectivity index (χ2v) is 8.48. The van der Waals surface area contributed by atoms with Gasteiger partial charge in [0.2, 0.25) is 0 Å². The molecule has 1 aromatic carbocycles. The predicted octanol–water partition coefficient (Wildman–Crippen LogP) is 4.92. The van der Waals surface area contributed by atoms with Crippen molar-refractivity contribution in [2.24, 2.45) is 0 Å². The number of hydrogen-bond acceptors (Lipinski definition) is 5. The molecule has 3 aromatic rings. The molecule has 0 aliphatic carbocycles. The number of Topliss-reactive ketones (excluding diaryl/α,β-unsaturated/α-hetero) is 1. The number of hydrogen-bond donors (Lipinski definition) is 2. The van der Waals surface area contributed by atoms with Crippen molar-refractivity contribution in [1.82, 2.24) is 9.97 Å². The monoisotopic (exact) mass is 431 g/mol. The van der Waals surface area contributed by atoms with Crippen LogP contribution in [-0.2, 0) is 22.4 Å². The number of aryl methyl sites for hydroxylation is 2. The van der Waals surface area contributed by atoms with E-state index in [2.05, 4.69) is 27.4 Å². The van der Waals surface area contributed by atoms with Gasteiger partial charge in [-0.15, -0.1) is 0 Å². The fraction of sp³-hybridized carbons (Fsp3) is 0.385. The van der Waals surface area contributed by atoms with Crippen LogP contribution in [0.4, 0.5) is 5.82 Å².